The molecule has 0 fully saturated rings. The second-order valence-corrected chi connectivity index (χ2v) is 26.3. The number of thiophene rings is 2. The first-order valence-corrected chi connectivity index (χ1v) is 32.1. The van der Waals surface area contributed by atoms with Crippen molar-refractivity contribution in [3.63, 3.8) is 0 Å². The van der Waals surface area contributed by atoms with E-state index in [4.69, 9.17) is 0 Å². The lowest BCUT2D eigenvalue weighted by Gasteiger charge is -2.21. The second kappa shape index (κ2) is 18.8. The molecule has 0 aliphatic heterocycles. The minimum absolute atomic E-state index is 0.0128. The van der Waals surface area contributed by atoms with E-state index in [1.165, 1.54) is 161 Å². The highest BCUT2D eigenvalue weighted by molar-refractivity contribution is 7.26. The predicted octanol–water partition coefficient (Wildman–Crippen LogP) is 20.3. The van der Waals surface area contributed by atoms with E-state index in [-0.39, 0.29) is 6.71 Å². The van der Waals surface area contributed by atoms with Gasteiger partial charge in [-0.25, -0.2) is 0 Å². The summed E-state index contributed by atoms with van der Waals surface area (Å²) in [6.45, 7) is 6.85. The molecule has 19 rings (SSSR count). The zero-order valence-electron chi connectivity index (χ0n) is 48.6. The molecule has 0 spiro atoms. The fourth-order valence-electron chi connectivity index (χ4n) is 15.7. The van der Waals surface area contributed by atoms with Crippen LogP contribution in [0.3, 0.4) is 0 Å². The van der Waals surface area contributed by atoms with Gasteiger partial charge in [-0.3, -0.25) is 0 Å². The van der Waals surface area contributed by atoms with Gasteiger partial charge in [-0.2, -0.15) is 0 Å². The smallest absolute Gasteiger partial charge is 0.241 e. The van der Waals surface area contributed by atoms with Gasteiger partial charge in [0.05, 0.1) is 44.1 Å². The number of rotatable bonds is 7. The summed E-state index contributed by atoms with van der Waals surface area (Å²) in [7, 11) is 0. The van der Waals surface area contributed by atoms with E-state index in [0.29, 0.717) is 0 Å². The van der Waals surface area contributed by atoms with Crippen molar-refractivity contribution in [3.05, 3.63) is 284 Å². The van der Waals surface area contributed by atoms with Crippen LogP contribution in [0.15, 0.2) is 267 Å². The van der Waals surface area contributed by atoms with Crippen LogP contribution in [-0.4, -0.2) is 25.0 Å². The Labute approximate surface area is 515 Å². The Hall–Kier alpha value is -10.4. The lowest BCUT2D eigenvalue weighted by Crippen LogP contribution is -2.54. The summed E-state index contributed by atoms with van der Waals surface area (Å²) in [5.74, 6) is 0. The van der Waals surface area contributed by atoms with Crippen LogP contribution >= 0.6 is 22.7 Å². The monoisotopic (exact) mass is 1160 g/mol. The molecule has 19 aromatic rings. The molecular formula is C81H53BN4S2. The first-order chi connectivity index (χ1) is 43.4. The topological polar surface area (TPSA) is 19.7 Å². The van der Waals surface area contributed by atoms with Crippen molar-refractivity contribution in [2.75, 3.05) is 0 Å². The van der Waals surface area contributed by atoms with Crippen molar-refractivity contribution in [3.8, 4) is 22.7 Å². The molecule has 0 aliphatic carbocycles. The van der Waals surface area contributed by atoms with Gasteiger partial charge in [-0.15, -0.1) is 22.7 Å². The summed E-state index contributed by atoms with van der Waals surface area (Å²) in [4.78, 5) is 0. The zero-order chi connectivity index (χ0) is 58.0. The van der Waals surface area contributed by atoms with Crippen LogP contribution in [0.1, 0.15) is 16.7 Å². The maximum absolute atomic E-state index is 2.53. The fourth-order valence-corrected chi connectivity index (χ4v) is 17.8. The van der Waals surface area contributed by atoms with E-state index in [1.54, 1.807) is 0 Å². The van der Waals surface area contributed by atoms with Gasteiger partial charge >= 0.3 is 0 Å². The number of aromatic nitrogens is 4. The quantitative estimate of drug-likeness (QED) is 0.142. The maximum Gasteiger partial charge on any atom is 0.241 e. The molecule has 7 heteroatoms. The third-order valence-corrected chi connectivity index (χ3v) is 21.4. The molecule has 0 amide bonds. The molecule has 0 saturated heterocycles. The summed E-state index contributed by atoms with van der Waals surface area (Å²) in [5, 5.41) is 15.3. The molecule has 0 atom stereocenters. The highest BCUT2D eigenvalue weighted by atomic mass is 32.1. The second-order valence-electron chi connectivity index (χ2n) is 24.1. The average Bonchev–Trinajstić information content (AvgIpc) is 1.67. The van der Waals surface area contributed by atoms with Crippen LogP contribution in [0.5, 0.6) is 0 Å². The standard InChI is InChI=1S/C81H53BN4S2/c1-48-42-49(2)81(50(3)43-48)82(51-30-38-73-61(44-51)63-46-55(32-40-75(63)87-73)85-67-28-16-12-24-59(67)79-71(85)36-34-69-77(79)57-22-10-14-26-65(57)83(69)53-18-6-4-7-19-53)52-31-39-74-62(45-52)64-47-56(33-41-76(64)88-74)86-68-29-17-13-25-60(68)80-72(86)37-35-70-78(80)58-23-11-15-27-66(58)84(70)54-20-8-5-9-21-54/h4-47H,1-3H3. The van der Waals surface area contributed by atoms with Gasteiger partial charge in [0, 0.05) is 95.4 Å². The van der Waals surface area contributed by atoms with Crippen molar-refractivity contribution in [2.24, 2.45) is 0 Å². The molecule has 0 bridgehead atoms. The molecule has 6 aromatic heterocycles. The predicted molar refractivity (Wildman–Crippen MR) is 381 cm³/mol. The summed E-state index contributed by atoms with van der Waals surface area (Å²) < 4.78 is 15.0. The van der Waals surface area contributed by atoms with Gasteiger partial charge < -0.3 is 18.3 Å². The first kappa shape index (κ1) is 49.8. The number of hydrogen-bond donors (Lipinski definition) is 0. The Balaban J connectivity index is 0.781. The fraction of sp³-hybridized carbons (Fsp3) is 0.0370. The van der Waals surface area contributed by atoms with Crippen LogP contribution in [0, 0.1) is 20.8 Å². The van der Waals surface area contributed by atoms with E-state index >= 15 is 0 Å². The van der Waals surface area contributed by atoms with E-state index in [2.05, 4.69) is 306 Å². The SMILES string of the molecule is Cc1cc(C)c(B(c2ccc3sc4ccc(-n5c6ccccc6c6c7c8ccccc8n(-c8ccccc8)c7ccc65)cc4c3c2)c2ccc3sc4ccc(-n5c6ccccc6c6c7c8ccccc8n(-c8ccccc8)c7ccc65)cc4c3c2)c(C)c1. The van der Waals surface area contributed by atoms with Crippen LogP contribution in [0.2, 0.25) is 0 Å². The van der Waals surface area contributed by atoms with Gasteiger partial charge in [0.15, 0.2) is 0 Å². The van der Waals surface area contributed by atoms with Crippen molar-refractivity contribution in [2.45, 2.75) is 20.8 Å². The minimum atomic E-state index is -0.0128. The Morgan fingerprint density at radius 3 is 0.920 bits per heavy atom. The molecule has 13 aromatic carbocycles. The number of hydrogen-bond acceptors (Lipinski definition) is 2. The lowest BCUT2D eigenvalue weighted by molar-refractivity contribution is 1.17. The molecule has 0 aliphatic rings. The lowest BCUT2D eigenvalue weighted by atomic mass is 9.35. The Morgan fingerprint density at radius 1 is 0.250 bits per heavy atom. The highest BCUT2D eigenvalue weighted by Gasteiger charge is 2.29. The van der Waals surface area contributed by atoms with E-state index in [1.807, 2.05) is 22.7 Å². The van der Waals surface area contributed by atoms with E-state index in [0.717, 1.165) is 22.7 Å². The molecule has 0 radical (unpaired) electrons. The molecule has 88 heavy (non-hydrogen) atoms. The van der Waals surface area contributed by atoms with Gasteiger partial charge in [0.25, 0.3) is 0 Å². The van der Waals surface area contributed by atoms with Gasteiger partial charge in [0.2, 0.25) is 6.71 Å². The third kappa shape index (κ3) is 7.08. The average molecular weight is 1160 g/mol. The van der Waals surface area contributed by atoms with Crippen LogP contribution in [0.25, 0.3) is 150 Å². The molecule has 412 valence electrons. The third-order valence-electron chi connectivity index (χ3n) is 19.1. The number of aryl methyl sites for hydroxylation is 3. The van der Waals surface area contributed by atoms with Crippen LogP contribution in [-0.2, 0) is 0 Å². The van der Waals surface area contributed by atoms with Crippen molar-refractivity contribution in [1.82, 2.24) is 18.3 Å². The largest absolute Gasteiger partial charge is 0.309 e. The van der Waals surface area contributed by atoms with Crippen molar-refractivity contribution >= 4 is 173 Å². The summed E-state index contributed by atoms with van der Waals surface area (Å²) >= 11 is 3.78. The Bertz CT molecular complexity index is 5800. The van der Waals surface area contributed by atoms with E-state index in [9.17, 15) is 0 Å². The Morgan fingerprint density at radius 2 is 0.557 bits per heavy atom. The maximum atomic E-state index is 2.53. The summed E-state index contributed by atoms with van der Waals surface area (Å²) in [5.41, 5.74) is 22.2. The first-order valence-electron chi connectivity index (χ1n) is 30.4. The van der Waals surface area contributed by atoms with Gasteiger partial charge in [-0.05, 0) is 153 Å². The normalized spacial score (nSPS) is 12.3. The van der Waals surface area contributed by atoms with Gasteiger partial charge in [0.1, 0.15) is 0 Å². The van der Waals surface area contributed by atoms with Crippen molar-refractivity contribution in [1.29, 1.82) is 0 Å². The number of benzene rings is 13. The molecule has 0 N–H and O–H groups in total. The van der Waals surface area contributed by atoms with Crippen LogP contribution in [0.4, 0.5) is 0 Å². The van der Waals surface area contributed by atoms with E-state index < -0.39 is 0 Å². The molecule has 6 heterocycles. The Kier molecular flexibility index (Phi) is 10.6. The summed E-state index contributed by atoms with van der Waals surface area (Å²) in [6, 6.07) is 100. The number of fused-ring (bicyclic) bond motifs is 20. The molecule has 4 nitrogen and oxygen atoms in total. The van der Waals surface area contributed by atoms with Crippen LogP contribution < -0.4 is 16.4 Å². The van der Waals surface area contributed by atoms with Gasteiger partial charge in [-0.1, -0.05) is 179 Å². The zero-order valence-corrected chi connectivity index (χ0v) is 50.2. The molecule has 0 saturated carbocycles. The highest BCUT2D eigenvalue weighted by Crippen LogP contribution is 2.46. The van der Waals surface area contributed by atoms with Crippen molar-refractivity contribution < 1.29 is 0 Å². The number of nitrogens with zero attached hydrogens (tertiary/aromatic N) is 4. The molecule has 0 unspecified atom stereocenters. The summed E-state index contributed by atoms with van der Waals surface area (Å²) in [6.07, 6.45) is 0. The number of para-hydroxylation sites is 6. The molecular weight excluding hydrogens is 1100 g/mol. The minimum Gasteiger partial charge on any atom is -0.309 e.